The van der Waals surface area contributed by atoms with Crippen LogP contribution in [0.5, 0.6) is 74.7 Å². The minimum Gasteiger partial charge on any atom is -1.00 e. The van der Waals surface area contributed by atoms with Crippen molar-refractivity contribution in [3.05, 3.63) is 300 Å². The molecule has 4 aromatic heterocycles. The van der Waals surface area contributed by atoms with Gasteiger partial charge in [-0.05, 0) is 253 Å². The second kappa shape index (κ2) is 66.1. The van der Waals surface area contributed by atoms with Gasteiger partial charge in [0.1, 0.15) is 92.4 Å². The van der Waals surface area contributed by atoms with Crippen molar-refractivity contribution < 1.29 is 165 Å². The zero-order valence-electron chi connectivity index (χ0n) is 83.3. The number of carbonyl (C=O) groups excluding carboxylic acids is 2. The Morgan fingerprint density at radius 2 is 0.837 bits per heavy atom. The number of aliphatic hydroxyl groups excluding tert-OH is 1. The van der Waals surface area contributed by atoms with Crippen LogP contribution in [0.1, 0.15) is 54.1 Å². The number of hydrogen-bond acceptors (Lipinski definition) is 25. The Morgan fingerprint density at radius 1 is 0.497 bits per heavy atom. The summed E-state index contributed by atoms with van der Waals surface area (Å²) >= 11 is 22.4. The monoisotopic (exact) mass is 2510 g/mol. The minimum absolute atomic E-state index is 0. The Bertz CT molecular complexity index is 7370. The number of terminal acetylenes is 2. The van der Waals surface area contributed by atoms with Crippen LogP contribution in [0.15, 0.2) is 234 Å². The van der Waals surface area contributed by atoms with Crippen molar-refractivity contribution in [2.24, 2.45) is 0 Å². The molecule has 0 aliphatic rings. The van der Waals surface area contributed by atoms with Crippen LogP contribution in [0.4, 0.5) is 35.1 Å². The predicted octanol–water partition coefficient (Wildman–Crippen LogP) is 24.2. The Kier molecular flexibility index (Phi) is 55.5. The molecule has 147 heavy (non-hydrogen) atoms. The number of ether oxygens (including phenoxy) is 10. The summed E-state index contributed by atoms with van der Waals surface area (Å²) in [5.74, 6) is 4.06. The van der Waals surface area contributed by atoms with E-state index in [1.165, 1.54) is 179 Å². The first-order chi connectivity index (χ1) is 70.8. The van der Waals surface area contributed by atoms with E-state index in [0.29, 0.717) is 131 Å². The van der Waals surface area contributed by atoms with Gasteiger partial charge >= 0.3 is 34.0 Å². The number of aromatic hydroxyl groups is 5. The van der Waals surface area contributed by atoms with Gasteiger partial charge in [-0.15, -0.1) is 66.5 Å². The summed E-state index contributed by atoms with van der Waals surface area (Å²) in [6.07, 6.45) is 12.8. The standard InChI is InChI=1S/C18H15FO5.C17H15FO4.C16H10FNO3.C15H10BrFO3.C10H9FOS.C9H7FO.C9H9IO4.C7H6BrFO.C2H2.CH3F.CH4S.Al.BBr3.Li.4H/c1-21-12-6-11-8-16(10-4-5-15(22-2)14(19)7-10)24-17(11)13(9-12)18(20)23-3;1-20-13-5-11-8-16(22-17(11)12(6-13)9-19)10-3-4-15(21-2)14(18)7-10;17-13-7-9(1-2-14(13)20)15-8-11-6-12(19)5-10(3-4-18)16(11)21-15;16-7-10-4-11(18)3-9-6-14(20-15(9)10)8-1-2-13(19)12(17)5-8;1-12-10-4-3-8(5-6-13-2)7-9(10)11;1-3-7-4-5-9(11-2)8(10)6-7;1-13-5-3-6(9(12)14-2)8(11)7(10)4-5;1-10-7-3-2-5(8)4-6(7)9;3*1-2;;2-1(3)4;;;;;/h4-9H,1-3H3;3-8,19H,9H2,1-2H3;1-2,5-8,19-20H,3H2;1-6,18-19H,7H2;3-4,7H,1-2H3;1,4-6H,2H3;3-4,11H,1-2H3;2-4H,1H3;1-2H;1H3;2H,1H3;;;;;;;/q;;;;;;;;;;;;;+1;;;;-1/i;;;;2T;;;;1T;1D;;;;;;;;. The van der Waals surface area contributed by atoms with Crippen molar-refractivity contribution in [2.45, 2.75) is 18.4 Å². The summed E-state index contributed by atoms with van der Waals surface area (Å²) in [4.78, 5) is 23.2. The SMILES string of the molecule is BrB(Br)Br.C#Cc1ccc(OC)c(F)c1.COC(=O)c1cc(OC)cc(I)c1O.COC(=O)c1cc(OC)cc2cc(-c3ccc(OC)c(F)c3)oc12.COc1cc(CO)c2oc(-c3ccc(OC)c(F)c3)cc2c1.COc1ccc(Br)cc1F.CS.N#CCc1cc(O)cc2cc(-c3ccc(O)c(F)c3)oc12.Oc1cc(CBr)c2oc(-c3ccc(O)c(F)c3)cc2c1.[2H]CF.[3H]C#C.[3H]CSC#Cc1ccc(OC)c(F)c1.[AlH3].[H-].[Li+]. The fourth-order valence-corrected chi connectivity index (χ4v) is 13.9. The number of aliphatic hydroxyl groups is 1. The van der Waals surface area contributed by atoms with Crippen LogP contribution >= 0.6 is 126 Å². The smallest absolute Gasteiger partial charge is 1.00 e. The van der Waals surface area contributed by atoms with Crippen molar-refractivity contribution >= 4 is 202 Å². The number of thioether (sulfide) groups is 1. The van der Waals surface area contributed by atoms with Gasteiger partial charge in [0.15, 0.2) is 98.3 Å². The third-order valence-electron chi connectivity index (χ3n) is 18.9. The fraction of sp³-hybridized carbons (Fsp3) is 0.152. The van der Waals surface area contributed by atoms with E-state index < -0.39 is 65.5 Å². The molecule has 0 spiro atoms. The summed E-state index contributed by atoms with van der Waals surface area (Å²) in [6.45, 7) is -0.169. The van der Waals surface area contributed by atoms with E-state index in [2.05, 4.69) is 120 Å². The van der Waals surface area contributed by atoms with E-state index in [9.17, 15) is 75.4 Å². The summed E-state index contributed by atoms with van der Waals surface area (Å²) < 4.78 is 194. The molecular weight excluding hydrogens is 2410 g/mol. The number of halogens is 14. The molecule has 0 aliphatic carbocycles. The Balaban J connectivity index is 0.000000579. The van der Waals surface area contributed by atoms with Crippen LogP contribution in [0.3, 0.4) is 0 Å². The fourth-order valence-electron chi connectivity index (χ4n) is 12.4. The Labute approximate surface area is 935 Å². The molecule has 0 atom stereocenters. The van der Waals surface area contributed by atoms with Gasteiger partial charge in [-0.25, -0.2) is 40.3 Å². The van der Waals surface area contributed by atoms with Gasteiger partial charge in [0.25, 0.3) is 0 Å². The van der Waals surface area contributed by atoms with Gasteiger partial charge in [-0.2, -0.15) is 17.9 Å². The second-order valence-electron chi connectivity index (χ2n) is 27.7. The van der Waals surface area contributed by atoms with E-state index in [4.69, 9.17) is 76.1 Å². The Morgan fingerprint density at radius 3 is 1.22 bits per heavy atom. The number of nitrogens with zero attached hydrogens (tertiary/aromatic N) is 1. The van der Waals surface area contributed by atoms with Crippen LogP contribution in [-0.2, 0) is 27.8 Å². The first-order valence-corrected chi connectivity index (χ1v) is 48.3. The molecular formula is C105H94AlBBr5F8ILiNO22S2. The molecule has 0 saturated heterocycles. The molecule has 16 aromatic rings. The molecule has 12 aromatic carbocycles. The predicted molar refractivity (Wildman–Crippen MR) is 588 cm³/mol. The third kappa shape index (κ3) is 37.8. The van der Waals surface area contributed by atoms with Crippen molar-refractivity contribution in [1.29, 1.82) is 5.26 Å². The average molecular weight is 2510 g/mol. The third-order valence-corrected chi connectivity index (χ3v) is 21.1. The summed E-state index contributed by atoms with van der Waals surface area (Å²) in [5.41, 5.74) is 7.61. The number of phenolic OH excluding ortho intramolecular Hbond substituents is 5. The molecule has 6 N–H and O–H groups in total. The zero-order valence-corrected chi connectivity index (χ0v) is 91.1. The van der Waals surface area contributed by atoms with Crippen LogP contribution in [0.25, 0.3) is 89.2 Å². The molecule has 0 fully saturated rings. The van der Waals surface area contributed by atoms with Crippen molar-refractivity contribution in [3.8, 4) is 162 Å². The number of phenols is 5. The summed E-state index contributed by atoms with van der Waals surface area (Å²) in [5, 5.41) is 71.6. The molecule has 0 aliphatic heterocycles. The number of thiol groups is 1. The van der Waals surface area contributed by atoms with Crippen molar-refractivity contribution in [1.82, 2.24) is 0 Å². The van der Waals surface area contributed by atoms with Crippen LogP contribution in [0.2, 0.25) is 0 Å². The Hall–Kier alpha value is -12.3. The summed E-state index contributed by atoms with van der Waals surface area (Å²) in [7, 11) is 13.2. The van der Waals surface area contributed by atoms with E-state index in [1.54, 1.807) is 123 Å². The molecule has 0 saturated carbocycles. The number of esters is 2. The van der Waals surface area contributed by atoms with E-state index in [-0.39, 0.29) is 123 Å². The number of methoxy groups -OCH3 is 10. The number of alkyl halides is 2. The molecule has 0 unspecified atom stereocenters. The van der Waals surface area contributed by atoms with Crippen molar-refractivity contribution in [2.75, 3.05) is 90.7 Å². The molecule has 23 nitrogen and oxygen atoms in total. The quantitative estimate of drug-likeness (QED) is 0.00847. The number of hydrogen-bond donors (Lipinski definition) is 7. The number of carbonyl (C=O) groups is 2. The van der Waals surface area contributed by atoms with Gasteiger partial charge in [0, 0.05) is 82.8 Å². The van der Waals surface area contributed by atoms with E-state index in [1.807, 2.05) is 28.7 Å². The second-order valence-corrected chi connectivity index (χ2v) is 37.2. The van der Waals surface area contributed by atoms with Gasteiger partial charge in [0.2, 0.25) is 0 Å². The van der Waals surface area contributed by atoms with Crippen LogP contribution in [0, 0.1) is 92.0 Å². The van der Waals surface area contributed by atoms with Crippen LogP contribution in [-0.4, -0.2) is 154 Å². The number of furan rings is 4. The van der Waals surface area contributed by atoms with Crippen molar-refractivity contribution in [3.63, 3.8) is 0 Å². The largest absolute Gasteiger partial charge is 1.00 e. The number of nitriles is 1. The average Bonchev–Trinajstić information content (AvgIpc) is 1.65. The van der Waals surface area contributed by atoms with Gasteiger partial charge < -0.3 is 97.1 Å². The number of rotatable bonds is 17. The topological polar surface area (TPSA) is 324 Å². The van der Waals surface area contributed by atoms with Crippen LogP contribution < -0.4 is 56.8 Å². The molecule has 0 bridgehead atoms. The van der Waals surface area contributed by atoms with Gasteiger partial charge in [-0.1, -0.05) is 55.5 Å². The van der Waals surface area contributed by atoms with E-state index in [0.717, 1.165) is 22.4 Å². The molecule has 768 valence electrons. The normalized spacial score (nSPS) is 9.92. The summed E-state index contributed by atoms with van der Waals surface area (Å²) in [6, 6.07) is 55.6. The number of fused-ring (bicyclic) bond motifs is 4. The zero-order chi connectivity index (χ0) is 110. The first-order valence-electron chi connectivity index (χ1n) is 42.6. The molecule has 0 amide bonds. The van der Waals surface area contributed by atoms with E-state index >= 15 is 0 Å². The minimum atomic E-state index is -1.00. The molecule has 16 rings (SSSR count). The maximum Gasteiger partial charge on any atom is 1.00 e. The maximum absolute atomic E-state index is 13.9. The molecule has 42 heteroatoms. The maximum atomic E-state index is 13.9. The molecule has 0 radical (unpaired) electrons. The first kappa shape index (κ1) is 123. The van der Waals surface area contributed by atoms with Gasteiger partial charge in [-0.3, -0.25) is 4.39 Å². The van der Waals surface area contributed by atoms with Gasteiger partial charge in [0.05, 0.1) is 102 Å². The molecule has 4 heterocycles. The number of benzene rings is 12.